The smallest absolute Gasteiger partial charge is 0.374 e. The van der Waals surface area contributed by atoms with Crippen molar-refractivity contribution in [1.82, 2.24) is 5.32 Å². The van der Waals surface area contributed by atoms with Crippen LogP contribution in [-0.4, -0.2) is 35.2 Å². The van der Waals surface area contributed by atoms with Gasteiger partial charge in [-0.3, -0.25) is 9.59 Å². The normalized spacial score (nSPS) is 14.3. The maximum Gasteiger partial charge on any atom is 0.374 e. The highest BCUT2D eigenvalue weighted by molar-refractivity contribution is 6.35. The third-order valence-corrected chi connectivity index (χ3v) is 2.53. The zero-order valence-electron chi connectivity index (χ0n) is 11.2. The number of halogens is 2. The molecule has 0 aromatic rings. The monoisotopic (exact) mass is 279 g/mol. The second-order valence-corrected chi connectivity index (χ2v) is 4.89. The number of hydrogen-bond acceptors (Lipinski definition) is 3. The fourth-order valence-electron chi connectivity index (χ4n) is 1.69. The molecule has 0 rings (SSSR count). The van der Waals surface area contributed by atoms with Gasteiger partial charge in [0.25, 0.3) is 5.78 Å². The van der Waals surface area contributed by atoms with Crippen molar-refractivity contribution in [3.63, 3.8) is 0 Å². The van der Waals surface area contributed by atoms with Crippen LogP contribution in [0.4, 0.5) is 8.78 Å². The lowest BCUT2D eigenvalue weighted by molar-refractivity contribution is -0.151. The van der Waals surface area contributed by atoms with E-state index in [4.69, 9.17) is 5.11 Å². The molecule has 0 radical (unpaired) electrons. The fourth-order valence-corrected chi connectivity index (χ4v) is 1.69. The fraction of sp³-hybridized carbons (Fsp3) is 0.750. The van der Waals surface area contributed by atoms with Crippen LogP contribution in [0.5, 0.6) is 0 Å². The molecular formula is C12H19F2NO4. The molecule has 0 aliphatic heterocycles. The van der Waals surface area contributed by atoms with Gasteiger partial charge < -0.3 is 10.4 Å². The minimum atomic E-state index is -2.87. The van der Waals surface area contributed by atoms with Crippen molar-refractivity contribution in [2.75, 3.05) is 0 Å². The lowest BCUT2D eigenvalue weighted by Crippen LogP contribution is -2.46. The van der Waals surface area contributed by atoms with E-state index in [0.717, 1.165) is 0 Å². The third kappa shape index (κ3) is 6.83. The van der Waals surface area contributed by atoms with Crippen LogP contribution in [0.25, 0.3) is 0 Å². The molecule has 110 valence electrons. The lowest BCUT2D eigenvalue weighted by atomic mass is 9.97. The number of carboxylic acids is 1. The van der Waals surface area contributed by atoms with Gasteiger partial charge in [0.15, 0.2) is 0 Å². The number of amides is 1. The summed E-state index contributed by atoms with van der Waals surface area (Å²) >= 11 is 0. The molecule has 0 aliphatic carbocycles. The van der Waals surface area contributed by atoms with Crippen molar-refractivity contribution in [3.8, 4) is 0 Å². The van der Waals surface area contributed by atoms with E-state index in [9.17, 15) is 23.2 Å². The van der Waals surface area contributed by atoms with Crippen molar-refractivity contribution < 1.29 is 28.3 Å². The van der Waals surface area contributed by atoms with Crippen LogP contribution < -0.4 is 5.32 Å². The van der Waals surface area contributed by atoms with Gasteiger partial charge in [0, 0.05) is 12.3 Å². The standard InChI is InChI=1S/C12H19F2NO4/c1-6(2)4-7(3)11(17)15-8(5-9(13)14)10(16)12(18)19/h6-9H,4-5H2,1-3H3,(H,15,17)(H,18,19)/t7-,8?/m0/s1. The van der Waals surface area contributed by atoms with Crippen molar-refractivity contribution in [3.05, 3.63) is 0 Å². The van der Waals surface area contributed by atoms with Gasteiger partial charge in [-0.05, 0) is 12.3 Å². The molecule has 0 saturated carbocycles. The maximum absolute atomic E-state index is 12.3. The molecule has 0 aromatic carbocycles. The van der Waals surface area contributed by atoms with Crippen molar-refractivity contribution in [1.29, 1.82) is 0 Å². The summed E-state index contributed by atoms with van der Waals surface area (Å²) in [7, 11) is 0. The molecule has 19 heavy (non-hydrogen) atoms. The topological polar surface area (TPSA) is 83.5 Å². The number of carbonyl (C=O) groups excluding carboxylic acids is 2. The van der Waals surface area contributed by atoms with Crippen molar-refractivity contribution >= 4 is 17.7 Å². The molecule has 2 N–H and O–H groups in total. The third-order valence-electron chi connectivity index (χ3n) is 2.53. The molecule has 7 heteroatoms. The first-order chi connectivity index (χ1) is 8.65. The predicted octanol–water partition coefficient (Wildman–Crippen LogP) is 1.46. The Morgan fingerprint density at radius 2 is 1.63 bits per heavy atom. The van der Waals surface area contributed by atoms with Crippen LogP contribution in [0.1, 0.15) is 33.6 Å². The number of ketones is 1. The largest absolute Gasteiger partial charge is 0.475 e. The van der Waals surface area contributed by atoms with Crippen LogP contribution in [0.3, 0.4) is 0 Å². The summed E-state index contributed by atoms with van der Waals surface area (Å²) in [6.07, 6.45) is -3.34. The minimum absolute atomic E-state index is 0.226. The number of alkyl halides is 2. The number of aliphatic carboxylic acids is 1. The Labute approximate surface area is 110 Å². The van der Waals surface area contributed by atoms with Crippen LogP contribution in [0, 0.1) is 11.8 Å². The Balaban J connectivity index is 4.68. The highest BCUT2D eigenvalue weighted by Crippen LogP contribution is 2.12. The summed E-state index contributed by atoms with van der Waals surface area (Å²) in [5.74, 6) is -4.09. The molecule has 5 nitrogen and oxygen atoms in total. The van der Waals surface area contributed by atoms with E-state index < -0.39 is 42.5 Å². The van der Waals surface area contributed by atoms with E-state index in [1.165, 1.54) is 0 Å². The Kier molecular flexibility index (Phi) is 7.18. The van der Waals surface area contributed by atoms with E-state index >= 15 is 0 Å². The molecule has 2 atom stereocenters. The SMILES string of the molecule is CC(C)C[C@H](C)C(=O)NC(CC(F)F)C(=O)C(=O)O. The Bertz CT molecular complexity index is 345. The first-order valence-electron chi connectivity index (χ1n) is 6.00. The molecule has 1 unspecified atom stereocenters. The summed E-state index contributed by atoms with van der Waals surface area (Å²) in [4.78, 5) is 33.4. The highest BCUT2D eigenvalue weighted by Gasteiger charge is 2.30. The first-order valence-corrected chi connectivity index (χ1v) is 6.00. The highest BCUT2D eigenvalue weighted by atomic mass is 19.3. The Morgan fingerprint density at radius 1 is 1.11 bits per heavy atom. The minimum Gasteiger partial charge on any atom is -0.475 e. The molecule has 0 saturated heterocycles. The molecular weight excluding hydrogens is 260 g/mol. The van der Waals surface area contributed by atoms with Gasteiger partial charge in [0.05, 0.1) is 0 Å². The van der Waals surface area contributed by atoms with Crippen LogP contribution in [-0.2, 0) is 14.4 Å². The molecule has 0 heterocycles. The van der Waals surface area contributed by atoms with E-state index in [0.29, 0.717) is 6.42 Å². The second kappa shape index (κ2) is 7.81. The van der Waals surface area contributed by atoms with E-state index in [1.54, 1.807) is 6.92 Å². The van der Waals surface area contributed by atoms with Gasteiger partial charge in [0.1, 0.15) is 6.04 Å². The molecule has 0 spiro atoms. The van der Waals surface area contributed by atoms with Gasteiger partial charge in [0.2, 0.25) is 12.3 Å². The van der Waals surface area contributed by atoms with E-state index in [1.807, 2.05) is 13.8 Å². The summed E-state index contributed by atoms with van der Waals surface area (Å²) in [6.45, 7) is 5.38. The van der Waals surface area contributed by atoms with Crippen molar-refractivity contribution in [2.45, 2.75) is 46.1 Å². The summed E-state index contributed by atoms with van der Waals surface area (Å²) in [5, 5.41) is 10.6. The molecule has 0 bridgehead atoms. The van der Waals surface area contributed by atoms with Gasteiger partial charge >= 0.3 is 5.97 Å². The van der Waals surface area contributed by atoms with Gasteiger partial charge in [-0.15, -0.1) is 0 Å². The van der Waals surface area contributed by atoms with Crippen LogP contribution >= 0.6 is 0 Å². The number of carbonyl (C=O) groups is 3. The maximum atomic E-state index is 12.3. The second-order valence-electron chi connectivity index (χ2n) is 4.89. The van der Waals surface area contributed by atoms with E-state index in [2.05, 4.69) is 5.32 Å². The van der Waals surface area contributed by atoms with Gasteiger partial charge in [-0.1, -0.05) is 20.8 Å². The summed E-state index contributed by atoms with van der Waals surface area (Å²) in [6, 6.07) is -1.68. The number of carboxylic acid groups (broad SMARTS) is 1. The quantitative estimate of drug-likeness (QED) is 0.659. The zero-order valence-corrected chi connectivity index (χ0v) is 11.2. The predicted molar refractivity (Wildman–Crippen MR) is 63.8 cm³/mol. The average Bonchev–Trinajstić information content (AvgIpc) is 2.25. The van der Waals surface area contributed by atoms with Crippen LogP contribution in [0.2, 0.25) is 0 Å². The Hall–Kier alpha value is -1.53. The number of rotatable bonds is 8. The van der Waals surface area contributed by atoms with Crippen LogP contribution in [0.15, 0.2) is 0 Å². The van der Waals surface area contributed by atoms with Crippen molar-refractivity contribution in [2.24, 2.45) is 11.8 Å². The zero-order chi connectivity index (χ0) is 15.2. The molecule has 1 amide bonds. The Morgan fingerprint density at radius 3 is 2.00 bits per heavy atom. The van der Waals surface area contributed by atoms with Gasteiger partial charge in [-0.25, -0.2) is 13.6 Å². The number of Topliss-reactive ketones (excluding diaryl/α,β-unsaturated/α-hetero) is 1. The average molecular weight is 279 g/mol. The number of nitrogens with one attached hydrogen (secondary N) is 1. The van der Waals surface area contributed by atoms with E-state index in [-0.39, 0.29) is 5.92 Å². The summed E-state index contributed by atoms with van der Waals surface area (Å²) in [5.41, 5.74) is 0. The number of hydrogen-bond donors (Lipinski definition) is 2. The first kappa shape index (κ1) is 17.5. The molecule has 0 aliphatic rings. The lowest BCUT2D eigenvalue weighted by Gasteiger charge is -2.19. The van der Waals surface area contributed by atoms with Gasteiger partial charge in [-0.2, -0.15) is 0 Å². The summed E-state index contributed by atoms with van der Waals surface area (Å²) < 4.78 is 24.5. The molecule has 0 fully saturated rings. The molecule has 0 aromatic heterocycles.